The number of aromatic nitrogens is 2. The number of halogens is 2. The fraction of sp³-hybridized carbons (Fsp3) is 0.702. The number of rotatable bonds is 63. The molecule has 4 unspecified atom stereocenters. The standard InChI is InChI=1S/C58H94B2N2O6S2.C51H77N3O2S3.C3HBr2NS.2CH4/c1-13-17-21-25-27-31-35-43(33-29-23-19-15-3)41-61-51(45-37-39-47(69-45)59-65-55(5,6)56(7,8)66-59)49-50(53(61)63)52(46-38-40-48(70-46)60-67-57(9,10)58(11,12)68-60)62(54(49)64)42-44(34-30-24-20-16-4)36-32-28-26-22-18-14-2;1-7-11-15-19-21-25-29-40(27-23-17-13-9-3)36-53-48(43-32-31-38(5)57-43)46-47(51(53)56)49(44-34-33-42(59-44)45-35-52-39(6)58-45)54(50(46)55)37-41(28-24-18-14-10-4)30-26-22-20-16-12-8-2;4-2-1-6-3(5)7-2;;/h37-40,43-44H,13-36,41-42H2,1-12H3;31-35,40-41H,7-30,36-37H2,1-6H3;1H;2*1H4. The van der Waals surface area contributed by atoms with E-state index in [1.807, 2.05) is 16.0 Å². The molecule has 14 nitrogen and oxygen atoms in total. The van der Waals surface area contributed by atoms with Gasteiger partial charge in [-0.3, -0.25) is 19.2 Å². The van der Waals surface area contributed by atoms with E-state index in [1.54, 1.807) is 74.2 Å². The fourth-order valence-corrected chi connectivity index (χ4v) is 27.3. The van der Waals surface area contributed by atoms with Gasteiger partial charge in [0.25, 0.3) is 23.6 Å². The molecule has 0 spiro atoms. The fourth-order valence-electron chi connectivity index (χ4n) is 20.1. The summed E-state index contributed by atoms with van der Waals surface area (Å²) in [7, 11) is -1.06. The minimum Gasteiger partial charge on any atom is -0.399 e. The number of unbranched alkanes of at least 4 members (excludes halogenated alkanes) is 32. The quantitative estimate of drug-likeness (QED) is 0.0267. The van der Waals surface area contributed by atoms with Crippen LogP contribution in [0.4, 0.5) is 0 Å². The number of carbonyl (C=O) groups excluding carboxylic acids is 4. The minimum atomic E-state index is -0.532. The molecule has 138 heavy (non-hydrogen) atoms. The molecule has 0 aromatic carbocycles. The normalized spacial score (nSPS) is 17.4. The molecule has 2 fully saturated rings. The van der Waals surface area contributed by atoms with E-state index in [-0.39, 0.29) is 38.5 Å². The number of thiazole rings is 2. The lowest BCUT2D eigenvalue weighted by Crippen LogP contribution is -2.41. The van der Waals surface area contributed by atoms with Crippen molar-refractivity contribution < 1.29 is 37.8 Å². The number of amides is 4. The molecule has 6 aromatic rings. The number of carbonyl (C=O) groups is 4. The molecule has 6 aromatic heterocycles. The van der Waals surface area contributed by atoms with Crippen LogP contribution in [-0.4, -0.2) is 116 Å². The van der Waals surface area contributed by atoms with E-state index < -0.39 is 36.6 Å². The summed E-state index contributed by atoms with van der Waals surface area (Å²) in [6.45, 7) is 41.7. The molecule has 770 valence electrons. The zero-order valence-corrected chi connectivity index (χ0v) is 95.2. The van der Waals surface area contributed by atoms with E-state index in [2.05, 4.69) is 225 Å². The Balaban J connectivity index is 0.000000315. The van der Waals surface area contributed by atoms with E-state index in [9.17, 15) is 0 Å². The number of thiophene rings is 4. The van der Waals surface area contributed by atoms with Crippen LogP contribution in [0.2, 0.25) is 0 Å². The summed E-state index contributed by atoms with van der Waals surface area (Å²) in [5.41, 5.74) is 3.77. The molecule has 24 heteroatoms. The van der Waals surface area contributed by atoms with E-state index in [0.29, 0.717) is 72.1 Å². The summed E-state index contributed by atoms with van der Waals surface area (Å²) < 4.78 is 30.2. The van der Waals surface area contributed by atoms with Crippen LogP contribution < -0.4 is 9.55 Å². The molecular weight excluding hydrogens is 1960 g/mol. The van der Waals surface area contributed by atoms with Crippen molar-refractivity contribution in [3.05, 3.63) is 120 Å². The highest BCUT2D eigenvalue weighted by Crippen LogP contribution is 2.54. The van der Waals surface area contributed by atoms with Crippen molar-refractivity contribution in [3.63, 3.8) is 0 Å². The van der Waals surface area contributed by atoms with E-state index in [4.69, 9.17) is 18.6 Å². The molecule has 4 amide bonds. The van der Waals surface area contributed by atoms with Crippen LogP contribution in [0.1, 0.15) is 463 Å². The third kappa shape index (κ3) is 33.4. The smallest absolute Gasteiger partial charge is 0.399 e. The number of nitrogens with zero attached hydrogens (tertiary/aromatic N) is 6. The lowest BCUT2D eigenvalue weighted by Gasteiger charge is -2.32. The summed E-state index contributed by atoms with van der Waals surface area (Å²) in [5.74, 6) is 1.48. The summed E-state index contributed by atoms with van der Waals surface area (Å²) in [6.07, 6.45) is 62.3. The van der Waals surface area contributed by atoms with Crippen LogP contribution in [-0.2, 0) is 37.8 Å². The third-order valence-electron chi connectivity index (χ3n) is 29.7. The van der Waals surface area contributed by atoms with Crippen molar-refractivity contribution in [3.8, 4) is 9.75 Å². The first-order chi connectivity index (χ1) is 65.5. The Labute approximate surface area is 879 Å². The molecule has 6 aliphatic heterocycles. The van der Waals surface area contributed by atoms with Crippen molar-refractivity contribution in [1.29, 1.82) is 0 Å². The minimum absolute atomic E-state index is 0. The van der Waals surface area contributed by atoms with Gasteiger partial charge in [-0.2, -0.15) is 0 Å². The Hall–Kier alpha value is -4.17. The van der Waals surface area contributed by atoms with Gasteiger partial charge in [-0.25, -0.2) is 9.97 Å². The summed E-state index contributed by atoms with van der Waals surface area (Å²) in [5, 5.41) is 1.04. The highest BCUT2D eigenvalue weighted by atomic mass is 79.9. The second-order valence-electron chi connectivity index (χ2n) is 42.0. The maximum atomic E-state index is 15.9. The van der Waals surface area contributed by atoms with Gasteiger partial charge in [0.2, 0.25) is 0 Å². The first-order valence-corrected chi connectivity index (χ1v) is 60.5. The van der Waals surface area contributed by atoms with Crippen molar-refractivity contribution in [2.24, 2.45) is 23.7 Å². The molecule has 4 atom stereocenters. The first-order valence-electron chi connectivity index (χ1n) is 54.0. The molecule has 2 saturated heterocycles. The van der Waals surface area contributed by atoms with Crippen molar-refractivity contribution in [1.82, 2.24) is 29.6 Å². The van der Waals surface area contributed by atoms with Crippen LogP contribution in [0.5, 0.6) is 0 Å². The summed E-state index contributed by atoms with van der Waals surface area (Å²) in [4.78, 5) is 86.6. The molecule has 0 bridgehead atoms. The van der Waals surface area contributed by atoms with Gasteiger partial charge in [-0.05, 0) is 213 Å². The highest BCUT2D eigenvalue weighted by Gasteiger charge is 2.57. The Morgan fingerprint density at radius 1 is 0.297 bits per heavy atom. The number of aryl methyl sites for hydroxylation is 2. The molecule has 12 rings (SSSR count). The van der Waals surface area contributed by atoms with Crippen LogP contribution in [0.15, 0.2) is 90.9 Å². The van der Waals surface area contributed by atoms with Gasteiger partial charge in [-0.15, -0.1) is 68.0 Å². The second kappa shape index (κ2) is 60.2. The molecule has 12 heterocycles. The van der Waals surface area contributed by atoms with Crippen molar-refractivity contribution >= 4 is 170 Å². The SMILES string of the molecule is Brc1cnc(Br)s1.C.C.CCCCCCCCC(CCCCCC)CN1C(=O)C2=C(c3ccc(-c4cnc(C)s4)s3)N(CC(CCCCCC)CCCCCCCC)C(=O)C2=C1c1ccc(C)s1.CCCCCCCCC(CCCCCC)CN1C(=O)C2=C(c3ccc(B4OC(C)(C)C(C)(C)O4)s3)N(CC(CCCCCC)CCCCCCCC)C(=O)C2=C1c1ccc(B2OC(C)(C)C(C)(C)O2)s1. The second-order valence-corrected chi connectivity index (χ2v) is 51.5. The van der Waals surface area contributed by atoms with Crippen molar-refractivity contribution in [2.45, 2.75) is 470 Å². The summed E-state index contributed by atoms with van der Waals surface area (Å²) in [6, 6.07) is 17.1. The Kier molecular flexibility index (Phi) is 51.9. The predicted octanol–water partition coefficient (Wildman–Crippen LogP) is 34.9. The number of hydrogen-bond donors (Lipinski definition) is 0. The number of fused-ring (bicyclic) bond motifs is 2. The van der Waals surface area contributed by atoms with Gasteiger partial charge in [0.15, 0.2) is 3.92 Å². The average Bonchev–Trinajstić information content (AvgIpc) is 1.55. The van der Waals surface area contributed by atoms with Crippen LogP contribution >= 0.6 is 99.9 Å². The van der Waals surface area contributed by atoms with E-state index in [0.717, 1.165) is 151 Å². The molecular formula is C114H180B2Br2N6O8S6. The number of hydrogen-bond acceptors (Lipinski definition) is 16. The van der Waals surface area contributed by atoms with E-state index >= 15 is 19.2 Å². The average molecular weight is 2140 g/mol. The largest absolute Gasteiger partial charge is 0.505 e. The van der Waals surface area contributed by atoms with Gasteiger partial charge < -0.3 is 38.2 Å². The van der Waals surface area contributed by atoms with Crippen molar-refractivity contribution in [2.75, 3.05) is 26.2 Å². The Bertz CT molecular complexity index is 4600. The highest BCUT2D eigenvalue weighted by molar-refractivity contribution is 9.12. The monoisotopic (exact) mass is 2130 g/mol. The molecule has 0 saturated carbocycles. The molecule has 0 aliphatic carbocycles. The lowest BCUT2D eigenvalue weighted by atomic mass is 9.88. The predicted molar refractivity (Wildman–Crippen MR) is 606 cm³/mol. The van der Waals surface area contributed by atoms with Crippen LogP contribution in [0.3, 0.4) is 0 Å². The molecule has 0 radical (unpaired) electrons. The van der Waals surface area contributed by atoms with Gasteiger partial charge >= 0.3 is 14.2 Å². The third-order valence-corrected chi connectivity index (χ3v) is 37.1. The zero-order valence-electron chi connectivity index (χ0n) is 87.2. The first kappa shape index (κ1) is 119. The summed E-state index contributed by atoms with van der Waals surface area (Å²) >= 11 is 16.4. The van der Waals surface area contributed by atoms with Gasteiger partial charge in [-0.1, -0.05) is 339 Å². The topological polar surface area (TPSA) is 144 Å². The van der Waals surface area contributed by atoms with Crippen LogP contribution in [0, 0.1) is 37.5 Å². The van der Waals surface area contributed by atoms with Gasteiger partial charge in [0.05, 0.1) is 107 Å². The maximum Gasteiger partial charge on any atom is 0.505 e. The maximum absolute atomic E-state index is 15.9. The van der Waals surface area contributed by atoms with Gasteiger partial charge in [0, 0.05) is 51.7 Å². The van der Waals surface area contributed by atoms with E-state index in [1.165, 1.54) is 236 Å². The molecule has 6 aliphatic rings. The molecule has 0 N–H and O–H groups in total. The Morgan fingerprint density at radius 3 is 0.783 bits per heavy atom. The lowest BCUT2D eigenvalue weighted by molar-refractivity contribution is -0.124. The van der Waals surface area contributed by atoms with Gasteiger partial charge in [0.1, 0.15) is 0 Å². The zero-order chi connectivity index (χ0) is 98.0. The van der Waals surface area contributed by atoms with Crippen LogP contribution in [0.25, 0.3) is 32.5 Å². The Morgan fingerprint density at radius 2 is 0.543 bits per heavy atom.